The van der Waals surface area contributed by atoms with E-state index in [0.29, 0.717) is 24.5 Å². The first-order valence-corrected chi connectivity index (χ1v) is 7.09. The molecular formula is C14H21F3N2O. The van der Waals surface area contributed by atoms with E-state index < -0.39 is 12.1 Å². The number of anilines is 1. The molecule has 0 aliphatic heterocycles. The molecule has 2 rings (SSSR count). The van der Waals surface area contributed by atoms with Crippen LogP contribution in [0, 0.1) is 11.8 Å². The molecule has 114 valence electrons. The Morgan fingerprint density at radius 1 is 1.35 bits per heavy atom. The molecule has 1 aromatic rings. The number of nitrogen functional groups attached to an aromatic ring is 1. The Kier molecular flexibility index (Phi) is 4.30. The van der Waals surface area contributed by atoms with Crippen molar-refractivity contribution in [2.75, 3.05) is 5.73 Å². The summed E-state index contributed by atoms with van der Waals surface area (Å²) in [4.78, 5) is 0. The fourth-order valence-corrected chi connectivity index (χ4v) is 3.00. The van der Waals surface area contributed by atoms with Crippen molar-refractivity contribution in [3.8, 4) is 0 Å². The molecule has 0 spiro atoms. The van der Waals surface area contributed by atoms with Gasteiger partial charge in [0.05, 0.1) is 11.6 Å². The molecular weight excluding hydrogens is 269 g/mol. The second-order valence-corrected chi connectivity index (χ2v) is 6.11. The lowest BCUT2D eigenvalue weighted by atomic mass is 9.78. The zero-order chi connectivity index (χ0) is 14.9. The summed E-state index contributed by atoms with van der Waals surface area (Å²) in [7, 11) is 0. The number of aromatic nitrogens is 1. The second kappa shape index (κ2) is 5.66. The van der Waals surface area contributed by atoms with Crippen LogP contribution in [0.2, 0.25) is 0 Å². The van der Waals surface area contributed by atoms with Crippen LogP contribution in [0.1, 0.15) is 56.7 Å². The summed E-state index contributed by atoms with van der Waals surface area (Å²) < 4.78 is 43.7. The largest absolute Gasteiger partial charge is 0.391 e. The minimum Gasteiger partial charge on any atom is -0.367 e. The van der Waals surface area contributed by atoms with Crippen molar-refractivity contribution < 1.29 is 17.7 Å². The van der Waals surface area contributed by atoms with Crippen LogP contribution in [-0.2, 0) is 6.42 Å². The number of rotatable bonds is 3. The number of nitrogens with zero attached hydrogens (tertiary/aromatic N) is 1. The smallest absolute Gasteiger partial charge is 0.367 e. The van der Waals surface area contributed by atoms with Crippen LogP contribution in [0.15, 0.2) is 4.52 Å². The first-order chi connectivity index (χ1) is 9.29. The quantitative estimate of drug-likeness (QED) is 0.903. The van der Waals surface area contributed by atoms with Crippen molar-refractivity contribution in [3.63, 3.8) is 0 Å². The van der Waals surface area contributed by atoms with Gasteiger partial charge >= 0.3 is 6.18 Å². The average Bonchev–Trinajstić information content (AvgIpc) is 2.70. The highest BCUT2D eigenvalue weighted by Crippen LogP contribution is 2.44. The normalized spacial score (nSPS) is 24.3. The average molecular weight is 290 g/mol. The summed E-state index contributed by atoms with van der Waals surface area (Å²) in [6.45, 7) is 4.07. The van der Waals surface area contributed by atoms with E-state index in [2.05, 4.69) is 5.16 Å². The molecule has 0 amide bonds. The zero-order valence-corrected chi connectivity index (χ0v) is 11.8. The van der Waals surface area contributed by atoms with Crippen LogP contribution < -0.4 is 5.73 Å². The summed E-state index contributed by atoms with van der Waals surface area (Å²) >= 11 is 0. The van der Waals surface area contributed by atoms with Gasteiger partial charge in [-0.25, -0.2) is 0 Å². The molecule has 1 aliphatic rings. The van der Waals surface area contributed by atoms with Gasteiger partial charge in [-0.1, -0.05) is 25.4 Å². The molecule has 0 bridgehead atoms. The summed E-state index contributed by atoms with van der Waals surface area (Å²) in [6, 6.07) is 0. The molecule has 0 radical (unpaired) electrons. The Bertz CT molecular complexity index is 454. The van der Waals surface area contributed by atoms with E-state index in [9.17, 15) is 13.2 Å². The number of halogens is 3. The van der Waals surface area contributed by atoms with Crippen molar-refractivity contribution in [2.45, 2.75) is 58.0 Å². The van der Waals surface area contributed by atoms with Crippen molar-refractivity contribution in [3.05, 3.63) is 11.3 Å². The lowest BCUT2D eigenvalue weighted by molar-refractivity contribution is -0.183. The van der Waals surface area contributed by atoms with Gasteiger partial charge in [0, 0.05) is 11.5 Å². The summed E-state index contributed by atoms with van der Waals surface area (Å²) in [5.74, 6) is -0.809. The van der Waals surface area contributed by atoms with Crippen LogP contribution in [0.25, 0.3) is 0 Å². The molecule has 1 aromatic heterocycles. The topological polar surface area (TPSA) is 52.0 Å². The molecule has 1 fully saturated rings. The number of nitrogens with two attached hydrogens (primary N) is 1. The highest BCUT2D eigenvalue weighted by molar-refractivity contribution is 5.41. The van der Waals surface area contributed by atoms with E-state index in [0.717, 1.165) is 12.0 Å². The molecule has 6 heteroatoms. The highest BCUT2D eigenvalue weighted by Gasteiger charge is 2.43. The standard InChI is InChI=1S/C14H21F3N2O/c1-8(2)6-11-12(19-20-13(11)18)9-4-3-5-10(7-9)14(15,16)17/h8-10H,3-7,18H2,1-2H3. The van der Waals surface area contributed by atoms with Crippen LogP contribution in [0.3, 0.4) is 0 Å². The molecule has 1 saturated carbocycles. The van der Waals surface area contributed by atoms with E-state index in [1.54, 1.807) is 0 Å². The van der Waals surface area contributed by atoms with Crippen molar-refractivity contribution in [1.82, 2.24) is 5.16 Å². The summed E-state index contributed by atoms with van der Waals surface area (Å²) in [5.41, 5.74) is 7.21. The lowest BCUT2D eigenvalue weighted by Crippen LogP contribution is -2.28. The molecule has 0 aromatic carbocycles. The Balaban J connectivity index is 2.19. The second-order valence-electron chi connectivity index (χ2n) is 6.11. The van der Waals surface area contributed by atoms with Gasteiger partial charge < -0.3 is 10.3 Å². The fourth-order valence-electron chi connectivity index (χ4n) is 3.00. The Morgan fingerprint density at radius 2 is 2.05 bits per heavy atom. The zero-order valence-electron chi connectivity index (χ0n) is 11.8. The van der Waals surface area contributed by atoms with Gasteiger partial charge in [0.2, 0.25) is 5.88 Å². The Hall–Kier alpha value is -1.20. The molecule has 20 heavy (non-hydrogen) atoms. The van der Waals surface area contributed by atoms with Gasteiger partial charge in [0.15, 0.2) is 0 Å². The van der Waals surface area contributed by atoms with Crippen LogP contribution in [-0.4, -0.2) is 11.3 Å². The number of hydrogen-bond donors (Lipinski definition) is 1. The van der Waals surface area contributed by atoms with Crippen molar-refractivity contribution in [1.29, 1.82) is 0 Å². The van der Waals surface area contributed by atoms with E-state index in [1.165, 1.54) is 0 Å². The van der Waals surface area contributed by atoms with Gasteiger partial charge in [-0.3, -0.25) is 0 Å². The van der Waals surface area contributed by atoms with E-state index in [-0.39, 0.29) is 24.6 Å². The van der Waals surface area contributed by atoms with Gasteiger partial charge in [-0.15, -0.1) is 0 Å². The molecule has 3 nitrogen and oxygen atoms in total. The first kappa shape index (κ1) is 15.2. The molecule has 1 heterocycles. The maximum Gasteiger partial charge on any atom is 0.391 e. The highest BCUT2D eigenvalue weighted by atomic mass is 19.4. The predicted octanol–water partition coefficient (Wildman–Crippen LogP) is 4.29. The first-order valence-electron chi connectivity index (χ1n) is 7.09. The third-order valence-corrected chi connectivity index (χ3v) is 3.99. The molecule has 2 N–H and O–H groups in total. The predicted molar refractivity (Wildman–Crippen MR) is 70.2 cm³/mol. The maximum atomic E-state index is 12.9. The third kappa shape index (κ3) is 3.27. The van der Waals surface area contributed by atoms with Gasteiger partial charge in [-0.05, 0) is 31.6 Å². The van der Waals surface area contributed by atoms with Crippen LogP contribution in [0.5, 0.6) is 0 Å². The summed E-state index contributed by atoms with van der Waals surface area (Å²) in [6.07, 6.45) is -1.82. The minimum absolute atomic E-state index is 0.0978. The van der Waals surface area contributed by atoms with Crippen molar-refractivity contribution in [2.24, 2.45) is 11.8 Å². The number of alkyl halides is 3. The van der Waals surface area contributed by atoms with E-state index in [1.807, 2.05) is 13.8 Å². The Morgan fingerprint density at radius 3 is 2.65 bits per heavy atom. The fraction of sp³-hybridized carbons (Fsp3) is 0.786. The molecule has 2 atom stereocenters. The van der Waals surface area contributed by atoms with Crippen molar-refractivity contribution >= 4 is 5.88 Å². The van der Waals surface area contributed by atoms with Gasteiger partial charge in [0.25, 0.3) is 0 Å². The molecule has 1 aliphatic carbocycles. The van der Waals surface area contributed by atoms with Gasteiger partial charge in [0.1, 0.15) is 0 Å². The SMILES string of the molecule is CC(C)Cc1c(C2CCCC(C(F)(F)F)C2)noc1N. The van der Waals surface area contributed by atoms with E-state index >= 15 is 0 Å². The molecule has 2 unspecified atom stereocenters. The summed E-state index contributed by atoms with van der Waals surface area (Å²) in [5, 5.41) is 3.94. The minimum atomic E-state index is -4.12. The van der Waals surface area contributed by atoms with Gasteiger partial charge in [-0.2, -0.15) is 13.2 Å². The Labute approximate surface area is 116 Å². The van der Waals surface area contributed by atoms with E-state index in [4.69, 9.17) is 10.3 Å². The maximum absolute atomic E-state index is 12.9. The number of hydrogen-bond acceptors (Lipinski definition) is 3. The third-order valence-electron chi connectivity index (χ3n) is 3.99. The monoisotopic (exact) mass is 290 g/mol. The lowest BCUT2D eigenvalue weighted by Gasteiger charge is -2.29. The van der Waals surface area contributed by atoms with Crippen LogP contribution in [0.4, 0.5) is 19.1 Å². The molecule has 0 saturated heterocycles. The van der Waals surface area contributed by atoms with Crippen LogP contribution >= 0.6 is 0 Å².